The highest BCUT2D eigenvalue weighted by molar-refractivity contribution is 7.07. The Hall–Kier alpha value is -2.64. The first-order valence-electron chi connectivity index (χ1n) is 9.53. The van der Waals surface area contributed by atoms with E-state index < -0.39 is 11.6 Å². The number of hydrogen-bond acceptors (Lipinski definition) is 4. The van der Waals surface area contributed by atoms with E-state index in [9.17, 15) is 13.6 Å². The van der Waals surface area contributed by atoms with E-state index in [-0.39, 0.29) is 11.8 Å². The smallest absolute Gasteiger partial charge is 0.228 e. The predicted octanol–water partition coefficient (Wildman–Crippen LogP) is 4.94. The van der Waals surface area contributed by atoms with Crippen molar-refractivity contribution in [2.45, 2.75) is 19.4 Å². The summed E-state index contributed by atoms with van der Waals surface area (Å²) in [6, 6.07) is 11.2. The number of piperidine rings is 1. The first kappa shape index (κ1) is 19.7. The second-order valence-corrected chi connectivity index (χ2v) is 8.01. The topological polar surface area (TPSA) is 45.2 Å². The van der Waals surface area contributed by atoms with E-state index in [1.54, 1.807) is 16.8 Å². The lowest BCUT2D eigenvalue weighted by molar-refractivity contribution is -0.121. The fourth-order valence-electron chi connectivity index (χ4n) is 3.70. The number of likely N-dealkylation sites (tertiary alicyclic amines) is 1. The van der Waals surface area contributed by atoms with Crippen molar-refractivity contribution < 1.29 is 13.6 Å². The number of rotatable bonds is 5. The Morgan fingerprint density at radius 1 is 1.17 bits per heavy atom. The van der Waals surface area contributed by atoms with Crippen molar-refractivity contribution in [1.29, 1.82) is 0 Å². The van der Waals surface area contributed by atoms with Crippen LogP contribution < -0.4 is 5.32 Å². The molecule has 2 aromatic carbocycles. The van der Waals surface area contributed by atoms with Gasteiger partial charge in [-0.05, 0) is 49.2 Å². The SMILES string of the molecule is O=C(Nc1ccc(-c2cscn2)cc1)C1CCCN(Cc2cc(F)cc(F)c2)C1. The largest absolute Gasteiger partial charge is 0.326 e. The van der Waals surface area contributed by atoms with Gasteiger partial charge >= 0.3 is 0 Å². The van der Waals surface area contributed by atoms with Gasteiger partial charge in [-0.1, -0.05) is 12.1 Å². The Kier molecular flexibility index (Phi) is 5.97. The molecule has 4 rings (SSSR count). The summed E-state index contributed by atoms with van der Waals surface area (Å²) in [7, 11) is 0. The number of hydrogen-bond donors (Lipinski definition) is 1. The van der Waals surface area contributed by atoms with E-state index in [1.807, 2.05) is 29.6 Å². The summed E-state index contributed by atoms with van der Waals surface area (Å²) in [6.45, 7) is 1.81. The van der Waals surface area contributed by atoms with Gasteiger partial charge in [-0.15, -0.1) is 11.3 Å². The first-order chi connectivity index (χ1) is 14.1. The van der Waals surface area contributed by atoms with E-state index in [1.165, 1.54) is 12.1 Å². The van der Waals surface area contributed by atoms with E-state index in [2.05, 4.69) is 15.2 Å². The maximum Gasteiger partial charge on any atom is 0.228 e. The predicted molar refractivity (Wildman–Crippen MR) is 111 cm³/mol. The highest BCUT2D eigenvalue weighted by Gasteiger charge is 2.26. The van der Waals surface area contributed by atoms with Gasteiger partial charge in [0.25, 0.3) is 0 Å². The minimum Gasteiger partial charge on any atom is -0.326 e. The van der Waals surface area contributed by atoms with Crippen molar-refractivity contribution in [2.24, 2.45) is 5.92 Å². The fraction of sp³-hybridized carbons (Fsp3) is 0.273. The van der Waals surface area contributed by atoms with Crippen molar-refractivity contribution in [3.8, 4) is 11.3 Å². The number of thiazole rings is 1. The Morgan fingerprint density at radius 2 is 1.93 bits per heavy atom. The van der Waals surface area contributed by atoms with Crippen LogP contribution in [0.4, 0.5) is 14.5 Å². The van der Waals surface area contributed by atoms with Crippen LogP contribution in [0.25, 0.3) is 11.3 Å². The molecule has 150 valence electrons. The summed E-state index contributed by atoms with van der Waals surface area (Å²) < 4.78 is 26.8. The third-order valence-corrected chi connectivity index (χ3v) is 5.67. The summed E-state index contributed by atoms with van der Waals surface area (Å²) >= 11 is 1.54. The molecule has 1 aliphatic rings. The number of carbonyl (C=O) groups excluding carboxylic acids is 1. The van der Waals surface area contributed by atoms with E-state index in [4.69, 9.17) is 0 Å². The fourth-order valence-corrected chi connectivity index (χ4v) is 4.26. The molecule has 0 radical (unpaired) electrons. The van der Waals surface area contributed by atoms with Crippen LogP contribution in [0.5, 0.6) is 0 Å². The first-order valence-corrected chi connectivity index (χ1v) is 10.5. The lowest BCUT2D eigenvalue weighted by Gasteiger charge is -2.32. The molecule has 2 heterocycles. The molecule has 1 N–H and O–H groups in total. The number of halogens is 2. The van der Waals surface area contributed by atoms with Crippen LogP contribution in [0.2, 0.25) is 0 Å². The summed E-state index contributed by atoms with van der Waals surface area (Å²) in [6.07, 6.45) is 1.68. The van der Waals surface area contributed by atoms with Gasteiger partial charge in [-0.25, -0.2) is 13.8 Å². The normalized spacial score (nSPS) is 17.2. The average Bonchev–Trinajstić information content (AvgIpc) is 3.23. The van der Waals surface area contributed by atoms with Crippen LogP contribution in [-0.4, -0.2) is 28.9 Å². The van der Waals surface area contributed by atoms with Gasteiger partial charge in [0, 0.05) is 35.8 Å². The van der Waals surface area contributed by atoms with E-state index in [0.29, 0.717) is 18.7 Å². The lowest BCUT2D eigenvalue weighted by Crippen LogP contribution is -2.40. The second-order valence-electron chi connectivity index (χ2n) is 7.29. The lowest BCUT2D eigenvalue weighted by atomic mass is 9.96. The molecule has 1 aliphatic heterocycles. The molecule has 3 aromatic rings. The summed E-state index contributed by atoms with van der Waals surface area (Å²) in [5.74, 6) is -1.33. The van der Waals surface area contributed by atoms with Crippen molar-refractivity contribution in [3.63, 3.8) is 0 Å². The Balaban J connectivity index is 1.36. The number of amides is 1. The maximum atomic E-state index is 13.4. The highest BCUT2D eigenvalue weighted by atomic mass is 32.1. The Bertz CT molecular complexity index is 956. The van der Waals surface area contributed by atoms with E-state index >= 15 is 0 Å². The molecule has 1 fully saturated rings. The van der Waals surface area contributed by atoms with Crippen LogP contribution in [0, 0.1) is 17.6 Å². The van der Waals surface area contributed by atoms with Crippen LogP contribution >= 0.6 is 11.3 Å². The molecule has 7 heteroatoms. The van der Waals surface area contributed by atoms with Crippen LogP contribution in [-0.2, 0) is 11.3 Å². The van der Waals surface area contributed by atoms with Crippen LogP contribution in [0.1, 0.15) is 18.4 Å². The molecule has 4 nitrogen and oxygen atoms in total. The van der Waals surface area contributed by atoms with Gasteiger partial charge < -0.3 is 5.32 Å². The number of benzene rings is 2. The standard InChI is InChI=1S/C22H21F2N3OS/c23-18-8-15(9-19(24)10-18)11-27-7-1-2-17(12-27)22(28)26-20-5-3-16(4-6-20)21-13-29-14-25-21/h3-6,8-10,13-14,17H,1-2,7,11-12H2,(H,26,28). The molecule has 1 saturated heterocycles. The molecule has 1 atom stereocenters. The number of anilines is 1. The molecule has 29 heavy (non-hydrogen) atoms. The van der Waals surface area contributed by atoms with Gasteiger partial charge in [0.2, 0.25) is 5.91 Å². The zero-order chi connectivity index (χ0) is 20.2. The third kappa shape index (κ3) is 5.05. The van der Waals surface area contributed by atoms with E-state index in [0.717, 1.165) is 42.4 Å². The zero-order valence-corrected chi connectivity index (χ0v) is 16.6. The van der Waals surface area contributed by atoms with Crippen molar-refractivity contribution in [1.82, 2.24) is 9.88 Å². The maximum absolute atomic E-state index is 13.4. The molecule has 1 unspecified atom stereocenters. The molecule has 1 amide bonds. The minimum atomic E-state index is -0.576. The molecular weight excluding hydrogens is 392 g/mol. The molecular formula is C22H21F2N3OS. The van der Waals surface area contributed by atoms with Crippen molar-refractivity contribution in [2.75, 3.05) is 18.4 Å². The van der Waals surface area contributed by atoms with Gasteiger partial charge in [0.05, 0.1) is 17.1 Å². The van der Waals surface area contributed by atoms with Gasteiger partial charge in [-0.2, -0.15) is 0 Å². The number of nitrogens with zero attached hydrogens (tertiary/aromatic N) is 2. The zero-order valence-electron chi connectivity index (χ0n) is 15.8. The molecule has 0 saturated carbocycles. The number of carbonyl (C=O) groups is 1. The Labute approximate surface area is 172 Å². The quantitative estimate of drug-likeness (QED) is 0.645. The monoisotopic (exact) mass is 413 g/mol. The molecule has 0 aliphatic carbocycles. The number of aromatic nitrogens is 1. The second kappa shape index (κ2) is 8.80. The van der Waals surface area contributed by atoms with Gasteiger partial charge in [0.1, 0.15) is 11.6 Å². The molecule has 0 bridgehead atoms. The third-order valence-electron chi connectivity index (χ3n) is 5.09. The summed E-state index contributed by atoms with van der Waals surface area (Å²) in [4.78, 5) is 19.1. The summed E-state index contributed by atoms with van der Waals surface area (Å²) in [5.41, 5.74) is 5.05. The van der Waals surface area contributed by atoms with Crippen LogP contribution in [0.3, 0.4) is 0 Å². The highest BCUT2D eigenvalue weighted by Crippen LogP contribution is 2.24. The van der Waals surface area contributed by atoms with Gasteiger partial charge in [-0.3, -0.25) is 9.69 Å². The summed E-state index contributed by atoms with van der Waals surface area (Å²) in [5, 5.41) is 4.96. The van der Waals surface area contributed by atoms with Crippen molar-refractivity contribution in [3.05, 3.63) is 70.6 Å². The number of nitrogens with one attached hydrogen (secondary N) is 1. The molecule has 1 aromatic heterocycles. The van der Waals surface area contributed by atoms with Crippen LogP contribution in [0.15, 0.2) is 53.4 Å². The van der Waals surface area contributed by atoms with Crippen molar-refractivity contribution >= 4 is 22.9 Å². The average molecular weight is 413 g/mol. The molecule has 0 spiro atoms. The van der Waals surface area contributed by atoms with Gasteiger partial charge in [0.15, 0.2) is 0 Å². The Morgan fingerprint density at radius 3 is 2.62 bits per heavy atom. The minimum absolute atomic E-state index is 0.0264.